The summed E-state index contributed by atoms with van der Waals surface area (Å²) in [5, 5.41) is 10.4. The van der Waals surface area contributed by atoms with Gasteiger partial charge in [0.1, 0.15) is 5.75 Å². The van der Waals surface area contributed by atoms with E-state index in [1.807, 2.05) is 48.5 Å². The van der Waals surface area contributed by atoms with Crippen LogP contribution >= 0.6 is 11.8 Å². The Morgan fingerprint density at radius 2 is 2.00 bits per heavy atom. The Labute approximate surface area is 121 Å². The van der Waals surface area contributed by atoms with Crippen LogP contribution in [0.3, 0.4) is 0 Å². The first kappa shape index (κ1) is 14.1. The lowest BCUT2D eigenvalue weighted by Gasteiger charge is -2.06. The molecular weight excluding hydrogens is 274 g/mol. The first-order valence-electron chi connectivity index (χ1n) is 5.91. The van der Waals surface area contributed by atoms with Gasteiger partial charge in [0.2, 0.25) is 6.20 Å². The van der Waals surface area contributed by atoms with Crippen LogP contribution in [0.1, 0.15) is 5.56 Å². The molecule has 0 aliphatic carbocycles. The number of ether oxygens (including phenoxy) is 1. The highest BCUT2D eigenvalue weighted by Gasteiger charge is 2.04. The maximum Gasteiger partial charge on any atom is 0.235 e. The Balaban J connectivity index is 2.26. The van der Waals surface area contributed by atoms with Crippen LogP contribution in [0.2, 0.25) is 0 Å². The maximum absolute atomic E-state index is 10.4. The molecule has 0 N–H and O–H groups in total. The zero-order chi connectivity index (χ0) is 14.4. The zero-order valence-corrected chi connectivity index (χ0v) is 11.7. The van der Waals surface area contributed by atoms with Crippen molar-refractivity contribution in [1.29, 1.82) is 0 Å². The fourth-order valence-corrected chi connectivity index (χ4v) is 2.62. The lowest BCUT2D eigenvalue weighted by molar-refractivity contribution is -0.400. The van der Waals surface area contributed by atoms with E-state index in [-0.39, 0.29) is 0 Å². The van der Waals surface area contributed by atoms with Gasteiger partial charge in [-0.25, -0.2) is 0 Å². The van der Waals surface area contributed by atoms with Crippen molar-refractivity contribution in [2.45, 2.75) is 9.79 Å². The molecule has 0 atom stereocenters. The summed E-state index contributed by atoms with van der Waals surface area (Å²) in [4.78, 5) is 11.9. The van der Waals surface area contributed by atoms with Gasteiger partial charge >= 0.3 is 0 Å². The van der Waals surface area contributed by atoms with Crippen LogP contribution in [0.4, 0.5) is 0 Å². The molecule has 0 aliphatic rings. The van der Waals surface area contributed by atoms with E-state index in [9.17, 15) is 10.1 Å². The summed E-state index contributed by atoms with van der Waals surface area (Å²) in [5.74, 6) is 0.785. The monoisotopic (exact) mass is 287 g/mol. The van der Waals surface area contributed by atoms with Crippen molar-refractivity contribution in [2.75, 3.05) is 7.11 Å². The molecule has 0 saturated heterocycles. The van der Waals surface area contributed by atoms with E-state index in [0.717, 1.165) is 27.3 Å². The maximum atomic E-state index is 10.4. The Kier molecular flexibility index (Phi) is 4.79. The summed E-state index contributed by atoms with van der Waals surface area (Å²) in [7, 11) is 1.62. The smallest absolute Gasteiger partial charge is 0.235 e. The van der Waals surface area contributed by atoms with Crippen molar-refractivity contribution in [3.05, 3.63) is 70.4 Å². The zero-order valence-electron chi connectivity index (χ0n) is 10.9. The van der Waals surface area contributed by atoms with E-state index in [0.29, 0.717) is 0 Å². The van der Waals surface area contributed by atoms with Crippen molar-refractivity contribution >= 4 is 17.8 Å². The van der Waals surface area contributed by atoms with Crippen molar-refractivity contribution < 1.29 is 9.66 Å². The predicted molar refractivity (Wildman–Crippen MR) is 79.6 cm³/mol. The van der Waals surface area contributed by atoms with Gasteiger partial charge < -0.3 is 4.74 Å². The minimum atomic E-state index is -0.465. The highest BCUT2D eigenvalue weighted by atomic mass is 32.2. The van der Waals surface area contributed by atoms with Crippen LogP contribution in [0.25, 0.3) is 6.08 Å². The molecule has 0 unspecified atom stereocenters. The first-order valence-corrected chi connectivity index (χ1v) is 6.73. The number of benzene rings is 2. The minimum Gasteiger partial charge on any atom is -0.497 e. The summed E-state index contributed by atoms with van der Waals surface area (Å²) in [6.07, 6.45) is 2.45. The molecule has 0 aliphatic heterocycles. The standard InChI is InChI=1S/C15H13NO3S/c1-19-13-6-4-7-14(11-13)20-15-8-3-2-5-12(15)9-10-16(17)18/h2-11H,1H3/b10-9+. The van der Waals surface area contributed by atoms with Crippen LogP contribution < -0.4 is 4.74 Å². The molecule has 2 aromatic carbocycles. The van der Waals surface area contributed by atoms with Crippen molar-refractivity contribution in [2.24, 2.45) is 0 Å². The minimum absolute atomic E-state index is 0.465. The molecule has 2 aromatic rings. The topological polar surface area (TPSA) is 52.4 Å². The highest BCUT2D eigenvalue weighted by Crippen LogP contribution is 2.32. The molecule has 0 amide bonds. The Hall–Kier alpha value is -2.27. The molecule has 2 rings (SSSR count). The first-order chi connectivity index (χ1) is 9.69. The molecule has 5 heteroatoms. The second-order valence-electron chi connectivity index (χ2n) is 3.92. The third-order valence-electron chi connectivity index (χ3n) is 2.56. The van der Waals surface area contributed by atoms with E-state index in [1.54, 1.807) is 18.9 Å². The molecule has 0 radical (unpaired) electrons. The molecule has 0 bridgehead atoms. The van der Waals surface area contributed by atoms with Gasteiger partial charge in [-0.05, 0) is 29.8 Å². The summed E-state index contributed by atoms with van der Waals surface area (Å²) < 4.78 is 5.19. The fraction of sp³-hybridized carbons (Fsp3) is 0.0667. The van der Waals surface area contributed by atoms with Gasteiger partial charge in [0.15, 0.2) is 0 Å². The summed E-state index contributed by atoms with van der Waals surface area (Å²) >= 11 is 1.54. The van der Waals surface area contributed by atoms with Crippen molar-refractivity contribution in [1.82, 2.24) is 0 Å². The largest absolute Gasteiger partial charge is 0.497 e. The molecule has 0 spiro atoms. The van der Waals surface area contributed by atoms with Gasteiger partial charge in [0.05, 0.1) is 12.0 Å². The fourth-order valence-electron chi connectivity index (χ4n) is 1.64. The number of rotatable bonds is 5. The van der Waals surface area contributed by atoms with Crippen LogP contribution in [0.5, 0.6) is 5.75 Å². The van der Waals surface area contributed by atoms with Crippen LogP contribution in [-0.2, 0) is 0 Å². The normalized spacial score (nSPS) is 10.7. The van der Waals surface area contributed by atoms with Gasteiger partial charge in [-0.1, -0.05) is 36.0 Å². The molecule has 0 fully saturated rings. The third kappa shape index (κ3) is 3.86. The number of nitro groups is 1. The van der Waals surface area contributed by atoms with E-state index in [2.05, 4.69) is 0 Å². The SMILES string of the molecule is COc1cccc(Sc2ccccc2/C=C/[N+](=O)[O-])c1. The quantitative estimate of drug-likeness (QED) is 0.614. The molecule has 4 nitrogen and oxygen atoms in total. The Morgan fingerprint density at radius 3 is 2.75 bits per heavy atom. The second kappa shape index (κ2) is 6.77. The molecule has 20 heavy (non-hydrogen) atoms. The van der Waals surface area contributed by atoms with E-state index in [4.69, 9.17) is 4.74 Å². The van der Waals surface area contributed by atoms with Crippen LogP contribution in [0.15, 0.2) is 64.5 Å². The van der Waals surface area contributed by atoms with Gasteiger partial charge in [-0.15, -0.1) is 0 Å². The van der Waals surface area contributed by atoms with Gasteiger partial charge in [-0.2, -0.15) is 0 Å². The van der Waals surface area contributed by atoms with E-state index < -0.39 is 4.92 Å². The Morgan fingerprint density at radius 1 is 1.20 bits per heavy atom. The highest BCUT2D eigenvalue weighted by molar-refractivity contribution is 7.99. The number of hydrogen-bond acceptors (Lipinski definition) is 4. The lowest BCUT2D eigenvalue weighted by Crippen LogP contribution is -1.85. The van der Waals surface area contributed by atoms with Gasteiger partial charge in [0, 0.05) is 15.9 Å². The number of hydrogen-bond donors (Lipinski definition) is 0. The van der Waals surface area contributed by atoms with E-state index in [1.165, 1.54) is 6.08 Å². The summed E-state index contributed by atoms with van der Waals surface area (Å²) in [5.41, 5.74) is 0.817. The molecule has 0 saturated carbocycles. The number of nitrogens with zero attached hydrogens (tertiary/aromatic N) is 1. The van der Waals surface area contributed by atoms with Crippen LogP contribution in [0, 0.1) is 10.1 Å². The summed E-state index contributed by atoms with van der Waals surface area (Å²) in [6, 6.07) is 15.2. The predicted octanol–water partition coefficient (Wildman–Crippen LogP) is 4.09. The Bertz CT molecular complexity index is 641. The van der Waals surface area contributed by atoms with Crippen molar-refractivity contribution in [3.8, 4) is 5.75 Å². The van der Waals surface area contributed by atoms with E-state index >= 15 is 0 Å². The molecular formula is C15H13NO3S. The second-order valence-corrected chi connectivity index (χ2v) is 5.04. The van der Waals surface area contributed by atoms with Gasteiger partial charge in [-0.3, -0.25) is 10.1 Å². The average Bonchev–Trinajstić information content (AvgIpc) is 2.46. The lowest BCUT2D eigenvalue weighted by atomic mass is 10.2. The van der Waals surface area contributed by atoms with Crippen LogP contribution in [-0.4, -0.2) is 12.0 Å². The molecule has 0 heterocycles. The van der Waals surface area contributed by atoms with Gasteiger partial charge in [0.25, 0.3) is 0 Å². The molecule has 0 aromatic heterocycles. The third-order valence-corrected chi connectivity index (χ3v) is 3.65. The van der Waals surface area contributed by atoms with Crippen molar-refractivity contribution in [3.63, 3.8) is 0 Å². The average molecular weight is 287 g/mol. The molecule has 102 valence electrons. The number of methoxy groups -OCH3 is 1. The summed E-state index contributed by atoms with van der Waals surface area (Å²) in [6.45, 7) is 0.